The van der Waals surface area contributed by atoms with Gasteiger partial charge in [0.15, 0.2) is 0 Å². The Morgan fingerprint density at radius 3 is 2.65 bits per heavy atom. The summed E-state index contributed by atoms with van der Waals surface area (Å²) in [4.78, 5) is 22.2. The molecule has 0 aliphatic carbocycles. The molecule has 2 amide bonds. The summed E-state index contributed by atoms with van der Waals surface area (Å²) in [6, 6.07) is 0. The Kier molecular flexibility index (Phi) is 6.57. The van der Waals surface area contributed by atoms with Crippen molar-refractivity contribution >= 4 is 11.8 Å². The number of hydrogen-bond acceptors (Lipinski definition) is 4. The van der Waals surface area contributed by atoms with Crippen LogP contribution >= 0.6 is 0 Å². The number of carbonyl (C=O) groups is 2. The molecule has 1 heterocycles. The fraction of sp³-hybridized carbons (Fsp3) is 0.818. The van der Waals surface area contributed by atoms with Gasteiger partial charge in [0.2, 0.25) is 11.8 Å². The minimum absolute atomic E-state index is 0.0304. The number of carbonyl (C=O) groups excluding carboxylic acids is 2. The lowest BCUT2D eigenvalue weighted by atomic mass is 10.1. The molecule has 0 unspecified atom stereocenters. The van der Waals surface area contributed by atoms with E-state index in [1.54, 1.807) is 0 Å². The lowest BCUT2D eigenvalue weighted by Crippen LogP contribution is -2.36. The highest BCUT2D eigenvalue weighted by atomic mass is 16.5. The van der Waals surface area contributed by atoms with Crippen LogP contribution in [-0.2, 0) is 14.3 Å². The first-order chi connectivity index (χ1) is 8.22. The molecular weight excluding hydrogens is 222 g/mol. The standard InChI is InChI=1S/C11H21N3O3/c1-12-11(16)8-14-10(15)4-7-17-9-2-5-13-6-3-9/h9,13H,2-8H2,1H3,(H,12,16)(H,14,15). The lowest BCUT2D eigenvalue weighted by Gasteiger charge is -2.22. The molecule has 0 aromatic rings. The van der Waals surface area contributed by atoms with Crippen molar-refractivity contribution in [1.29, 1.82) is 0 Å². The molecular formula is C11H21N3O3. The van der Waals surface area contributed by atoms with Crippen LogP contribution in [0.5, 0.6) is 0 Å². The number of likely N-dealkylation sites (N-methyl/N-ethyl adjacent to an activating group) is 1. The number of hydrogen-bond donors (Lipinski definition) is 3. The maximum absolute atomic E-state index is 11.3. The second-order valence-electron chi connectivity index (χ2n) is 4.02. The Balaban J connectivity index is 2.01. The van der Waals surface area contributed by atoms with E-state index in [0.717, 1.165) is 25.9 Å². The molecule has 1 aliphatic rings. The smallest absolute Gasteiger partial charge is 0.239 e. The van der Waals surface area contributed by atoms with E-state index in [1.807, 2.05) is 0 Å². The van der Waals surface area contributed by atoms with Crippen molar-refractivity contribution in [2.45, 2.75) is 25.4 Å². The molecule has 0 aromatic carbocycles. The van der Waals surface area contributed by atoms with Crippen molar-refractivity contribution in [2.24, 2.45) is 0 Å². The number of nitrogens with one attached hydrogen (secondary N) is 3. The van der Waals surface area contributed by atoms with Gasteiger partial charge in [0.05, 0.1) is 19.3 Å². The normalized spacial score (nSPS) is 16.5. The molecule has 0 spiro atoms. The Bertz CT molecular complexity index is 252. The Morgan fingerprint density at radius 1 is 1.29 bits per heavy atom. The van der Waals surface area contributed by atoms with E-state index in [9.17, 15) is 9.59 Å². The molecule has 0 atom stereocenters. The monoisotopic (exact) mass is 243 g/mol. The van der Waals surface area contributed by atoms with Crippen LogP contribution in [0.15, 0.2) is 0 Å². The number of amides is 2. The highest BCUT2D eigenvalue weighted by Gasteiger charge is 2.13. The molecule has 1 aliphatic heterocycles. The number of rotatable bonds is 6. The average molecular weight is 243 g/mol. The summed E-state index contributed by atoms with van der Waals surface area (Å²) in [7, 11) is 1.54. The highest BCUT2D eigenvalue weighted by Crippen LogP contribution is 2.07. The number of piperidine rings is 1. The van der Waals surface area contributed by atoms with Crippen LogP contribution < -0.4 is 16.0 Å². The van der Waals surface area contributed by atoms with Crippen molar-refractivity contribution in [3.8, 4) is 0 Å². The van der Waals surface area contributed by atoms with E-state index >= 15 is 0 Å². The summed E-state index contributed by atoms with van der Waals surface area (Å²) in [6.07, 6.45) is 2.57. The molecule has 98 valence electrons. The molecule has 1 fully saturated rings. The number of ether oxygens (including phenoxy) is 1. The van der Waals surface area contributed by atoms with Crippen LogP contribution in [0.4, 0.5) is 0 Å². The molecule has 0 bridgehead atoms. The predicted octanol–water partition coefficient (Wildman–Crippen LogP) is -0.993. The molecule has 6 heteroatoms. The van der Waals surface area contributed by atoms with Crippen LogP contribution in [-0.4, -0.2) is 51.2 Å². The Hall–Kier alpha value is -1.14. The summed E-state index contributed by atoms with van der Waals surface area (Å²) in [5.74, 6) is -0.347. The van der Waals surface area contributed by atoms with E-state index < -0.39 is 0 Å². The van der Waals surface area contributed by atoms with Crippen LogP contribution in [0.3, 0.4) is 0 Å². The first kappa shape index (κ1) is 13.9. The fourth-order valence-electron chi connectivity index (χ4n) is 1.64. The highest BCUT2D eigenvalue weighted by molar-refractivity contribution is 5.84. The molecule has 6 nitrogen and oxygen atoms in total. The molecule has 17 heavy (non-hydrogen) atoms. The molecule has 0 radical (unpaired) electrons. The average Bonchev–Trinajstić information content (AvgIpc) is 2.37. The third kappa shape index (κ3) is 6.23. The Labute approximate surface area is 101 Å². The lowest BCUT2D eigenvalue weighted by molar-refractivity contribution is -0.126. The molecule has 0 saturated carbocycles. The van der Waals surface area contributed by atoms with Crippen molar-refractivity contribution in [3.05, 3.63) is 0 Å². The van der Waals surface area contributed by atoms with Crippen LogP contribution in [0.2, 0.25) is 0 Å². The van der Waals surface area contributed by atoms with Gasteiger partial charge in [-0.25, -0.2) is 0 Å². The summed E-state index contributed by atoms with van der Waals surface area (Å²) in [5, 5.41) is 8.21. The summed E-state index contributed by atoms with van der Waals surface area (Å²) >= 11 is 0. The minimum atomic E-state index is -0.197. The van der Waals surface area contributed by atoms with Crippen LogP contribution in [0.25, 0.3) is 0 Å². The summed E-state index contributed by atoms with van der Waals surface area (Å²) in [6.45, 7) is 2.41. The van der Waals surface area contributed by atoms with Gasteiger partial charge < -0.3 is 20.7 Å². The van der Waals surface area contributed by atoms with E-state index in [4.69, 9.17) is 4.74 Å². The zero-order chi connectivity index (χ0) is 12.5. The first-order valence-electron chi connectivity index (χ1n) is 6.02. The topological polar surface area (TPSA) is 79.5 Å². The maximum Gasteiger partial charge on any atom is 0.239 e. The van der Waals surface area contributed by atoms with Crippen molar-refractivity contribution in [3.63, 3.8) is 0 Å². The van der Waals surface area contributed by atoms with E-state index in [2.05, 4.69) is 16.0 Å². The molecule has 3 N–H and O–H groups in total. The van der Waals surface area contributed by atoms with E-state index in [0.29, 0.717) is 13.0 Å². The van der Waals surface area contributed by atoms with Crippen LogP contribution in [0.1, 0.15) is 19.3 Å². The molecule has 1 rings (SSSR count). The second-order valence-corrected chi connectivity index (χ2v) is 4.02. The third-order valence-corrected chi connectivity index (χ3v) is 2.69. The van der Waals surface area contributed by atoms with E-state index in [1.165, 1.54) is 7.05 Å². The van der Waals surface area contributed by atoms with Gasteiger partial charge in [-0.15, -0.1) is 0 Å². The van der Waals surface area contributed by atoms with Gasteiger partial charge in [-0.05, 0) is 25.9 Å². The maximum atomic E-state index is 11.3. The Morgan fingerprint density at radius 2 is 2.00 bits per heavy atom. The summed E-state index contributed by atoms with van der Waals surface area (Å²) in [5.41, 5.74) is 0. The molecule has 1 saturated heterocycles. The van der Waals surface area contributed by atoms with Crippen molar-refractivity contribution in [2.75, 3.05) is 33.3 Å². The van der Waals surface area contributed by atoms with Gasteiger partial charge in [0.1, 0.15) is 0 Å². The largest absolute Gasteiger partial charge is 0.378 e. The first-order valence-corrected chi connectivity index (χ1v) is 6.02. The van der Waals surface area contributed by atoms with E-state index in [-0.39, 0.29) is 24.5 Å². The third-order valence-electron chi connectivity index (χ3n) is 2.69. The quantitative estimate of drug-likeness (QED) is 0.559. The zero-order valence-corrected chi connectivity index (χ0v) is 10.3. The predicted molar refractivity (Wildman–Crippen MR) is 63.5 cm³/mol. The SMILES string of the molecule is CNC(=O)CNC(=O)CCOC1CCNCC1. The second kappa shape index (κ2) is 8.03. The van der Waals surface area contributed by atoms with Gasteiger partial charge in [0, 0.05) is 13.5 Å². The minimum Gasteiger partial charge on any atom is -0.378 e. The van der Waals surface area contributed by atoms with Gasteiger partial charge in [0.25, 0.3) is 0 Å². The van der Waals surface area contributed by atoms with Gasteiger partial charge in [-0.3, -0.25) is 9.59 Å². The zero-order valence-electron chi connectivity index (χ0n) is 10.3. The van der Waals surface area contributed by atoms with Gasteiger partial charge in [-0.2, -0.15) is 0 Å². The van der Waals surface area contributed by atoms with Gasteiger partial charge in [-0.1, -0.05) is 0 Å². The summed E-state index contributed by atoms with van der Waals surface area (Å²) < 4.78 is 5.59. The van der Waals surface area contributed by atoms with Crippen molar-refractivity contribution in [1.82, 2.24) is 16.0 Å². The van der Waals surface area contributed by atoms with Crippen molar-refractivity contribution < 1.29 is 14.3 Å². The molecule has 0 aromatic heterocycles. The van der Waals surface area contributed by atoms with Crippen LogP contribution in [0, 0.1) is 0 Å². The fourth-order valence-corrected chi connectivity index (χ4v) is 1.64. The van der Waals surface area contributed by atoms with Gasteiger partial charge >= 0.3 is 0 Å².